The summed E-state index contributed by atoms with van der Waals surface area (Å²) < 4.78 is 6.52. The van der Waals surface area contributed by atoms with Crippen molar-refractivity contribution in [3.05, 3.63) is 44.6 Å². The van der Waals surface area contributed by atoms with Gasteiger partial charge in [-0.15, -0.1) is 0 Å². The first kappa shape index (κ1) is 21.3. The zero-order valence-corrected chi connectivity index (χ0v) is 18.1. The maximum Gasteiger partial charge on any atom is 0.275 e. The number of nitro benzene ring substituents is 1. The predicted octanol–water partition coefficient (Wildman–Crippen LogP) is 3.32. The van der Waals surface area contributed by atoms with Crippen LogP contribution in [0.25, 0.3) is 0 Å². The van der Waals surface area contributed by atoms with Gasteiger partial charge in [-0.25, -0.2) is 0 Å². The molecule has 0 bridgehead atoms. The number of nitro groups is 1. The molecule has 2 aliphatic rings. The highest BCUT2D eigenvalue weighted by atomic mass is 16.6. The quantitative estimate of drug-likeness (QED) is 0.556. The van der Waals surface area contributed by atoms with Crippen LogP contribution in [0.1, 0.15) is 42.5 Å². The second-order valence-electron chi connectivity index (χ2n) is 8.53. The molecule has 158 valence electrons. The monoisotopic (exact) mass is 401 g/mol. The van der Waals surface area contributed by atoms with Crippen molar-refractivity contribution < 1.29 is 14.5 Å². The van der Waals surface area contributed by atoms with Crippen LogP contribution in [-0.4, -0.2) is 58.8 Å². The maximum atomic E-state index is 11.5. The van der Waals surface area contributed by atoms with Crippen LogP contribution in [0, 0.1) is 30.9 Å². The van der Waals surface area contributed by atoms with E-state index in [-0.39, 0.29) is 16.4 Å². The average molecular weight is 402 g/mol. The van der Waals surface area contributed by atoms with E-state index < -0.39 is 5.60 Å². The summed E-state index contributed by atoms with van der Waals surface area (Å²) in [6.45, 7) is 17.3. The Morgan fingerprint density at radius 2 is 1.79 bits per heavy atom. The van der Waals surface area contributed by atoms with Crippen molar-refractivity contribution in [1.29, 1.82) is 0 Å². The third-order valence-corrected chi connectivity index (χ3v) is 6.51. The van der Waals surface area contributed by atoms with E-state index in [1.165, 1.54) is 0 Å². The Morgan fingerprint density at radius 1 is 1.17 bits per heavy atom. The lowest BCUT2D eigenvalue weighted by atomic mass is 9.85. The highest BCUT2D eigenvalue weighted by Crippen LogP contribution is 2.45. The standard InChI is InChI=1S/C22H31N3O4/c1-14(26)13-23-9-11-24(12-10-23)18(5)22(6)8-7-19-17(4)20(25(27)28)15(2)16(3)21(19)29-22/h5,7-13H2,1-4,6H3. The van der Waals surface area contributed by atoms with Crippen molar-refractivity contribution in [2.45, 2.75) is 53.1 Å². The third-order valence-electron chi connectivity index (χ3n) is 6.51. The zero-order valence-electron chi connectivity index (χ0n) is 18.1. The molecule has 1 aromatic rings. The van der Waals surface area contributed by atoms with E-state index in [2.05, 4.69) is 23.3 Å². The van der Waals surface area contributed by atoms with Gasteiger partial charge in [0.2, 0.25) is 0 Å². The number of fused-ring (bicyclic) bond motifs is 1. The second-order valence-corrected chi connectivity index (χ2v) is 8.53. The molecule has 0 saturated carbocycles. The lowest BCUT2D eigenvalue weighted by molar-refractivity contribution is -0.386. The highest BCUT2D eigenvalue weighted by Gasteiger charge is 2.40. The Balaban J connectivity index is 1.82. The molecule has 2 heterocycles. The summed E-state index contributed by atoms with van der Waals surface area (Å²) in [6.07, 6.45) is 1.45. The van der Waals surface area contributed by atoms with Crippen molar-refractivity contribution in [3.63, 3.8) is 0 Å². The van der Waals surface area contributed by atoms with Gasteiger partial charge in [-0.2, -0.15) is 0 Å². The Morgan fingerprint density at radius 3 is 2.34 bits per heavy atom. The first-order valence-corrected chi connectivity index (χ1v) is 10.2. The molecule has 0 N–H and O–H groups in total. The predicted molar refractivity (Wildman–Crippen MR) is 112 cm³/mol. The summed E-state index contributed by atoms with van der Waals surface area (Å²) in [5.74, 6) is 0.961. The number of carbonyl (C=O) groups is 1. The maximum absolute atomic E-state index is 11.5. The molecule has 3 rings (SSSR count). The molecular formula is C22H31N3O4. The fraction of sp³-hybridized carbons (Fsp3) is 0.591. The number of ketones is 1. The summed E-state index contributed by atoms with van der Waals surface area (Å²) in [4.78, 5) is 27.0. The third kappa shape index (κ3) is 3.88. The average Bonchev–Trinajstić information content (AvgIpc) is 2.65. The summed E-state index contributed by atoms with van der Waals surface area (Å²) >= 11 is 0. The highest BCUT2D eigenvalue weighted by molar-refractivity contribution is 5.77. The number of piperazine rings is 1. The molecule has 7 heteroatoms. The Hall–Kier alpha value is -2.41. The molecule has 7 nitrogen and oxygen atoms in total. The van der Waals surface area contributed by atoms with Crippen molar-refractivity contribution in [1.82, 2.24) is 9.80 Å². The Kier molecular flexibility index (Phi) is 5.72. The summed E-state index contributed by atoms with van der Waals surface area (Å²) in [6, 6.07) is 0. The van der Waals surface area contributed by atoms with Crippen molar-refractivity contribution in [3.8, 4) is 5.75 Å². The molecule has 1 aromatic carbocycles. The van der Waals surface area contributed by atoms with Gasteiger partial charge >= 0.3 is 0 Å². The lowest BCUT2D eigenvalue weighted by Crippen LogP contribution is -2.52. The van der Waals surface area contributed by atoms with Gasteiger partial charge in [-0.3, -0.25) is 19.8 Å². The van der Waals surface area contributed by atoms with Gasteiger partial charge in [0.25, 0.3) is 5.69 Å². The first-order chi connectivity index (χ1) is 13.5. The molecule has 0 radical (unpaired) electrons. The molecule has 1 fully saturated rings. The molecule has 1 unspecified atom stereocenters. The van der Waals surface area contributed by atoms with Crippen molar-refractivity contribution in [2.75, 3.05) is 32.7 Å². The number of ether oxygens (including phenoxy) is 1. The SMILES string of the molecule is C=C(N1CCN(CC(C)=O)CC1)C1(C)CCc2c(C)c([N+](=O)[O-])c(C)c(C)c2O1. The first-order valence-electron chi connectivity index (χ1n) is 10.2. The Bertz CT molecular complexity index is 872. The fourth-order valence-electron chi connectivity index (χ4n) is 4.55. The van der Waals surface area contributed by atoms with Crippen LogP contribution < -0.4 is 4.74 Å². The van der Waals surface area contributed by atoms with Gasteiger partial charge in [0.15, 0.2) is 0 Å². The molecule has 0 spiro atoms. The van der Waals surface area contributed by atoms with E-state index in [1.807, 2.05) is 13.8 Å². The van der Waals surface area contributed by atoms with Crippen LogP contribution >= 0.6 is 0 Å². The zero-order chi connectivity index (χ0) is 21.5. The van der Waals surface area contributed by atoms with Gasteiger partial charge in [-0.1, -0.05) is 6.58 Å². The summed E-state index contributed by atoms with van der Waals surface area (Å²) in [7, 11) is 0. The number of hydrogen-bond donors (Lipinski definition) is 0. The number of rotatable bonds is 5. The van der Waals surface area contributed by atoms with E-state index in [4.69, 9.17) is 4.74 Å². The van der Waals surface area contributed by atoms with Crippen LogP contribution in [0.3, 0.4) is 0 Å². The Labute approximate surface area is 172 Å². The van der Waals surface area contributed by atoms with Gasteiger partial charge in [-0.05, 0) is 47.5 Å². The number of benzene rings is 1. The molecule has 1 saturated heterocycles. The smallest absolute Gasteiger partial charge is 0.275 e. The molecular weight excluding hydrogens is 370 g/mol. The summed E-state index contributed by atoms with van der Waals surface area (Å²) in [5.41, 5.74) is 3.75. The number of Topliss-reactive ketones (excluding diaryl/α,β-unsaturated/α-hetero) is 1. The van der Waals surface area contributed by atoms with E-state index in [9.17, 15) is 14.9 Å². The summed E-state index contributed by atoms with van der Waals surface area (Å²) in [5, 5.41) is 11.5. The van der Waals surface area contributed by atoms with Crippen LogP contribution in [0.5, 0.6) is 5.75 Å². The van der Waals surface area contributed by atoms with Gasteiger partial charge in [0.05, 0.1) is 17.2 Å². The molecule has 2 aliphatic heterocycles. The van der Waals surface area contributed by atoms with Crippen LogP contribution in [0.15, 0.2) is 12.3 Å². The minimum absolute atomic E-state index is 0.187. The molecule has 0 aliphatic carbocycles. The minimum Gasteiger partial charge on any atom is -0.481 e. The molecule has 0 aromatic heterocycles. The molecule has 1 atom stereocenters. The van der Waals surface area contributed by atoms with E-state index >= 15 is 0 Å². The number of nitrogens with zero attached hydrogens (tertiary/aromatic N) is 3. The van der Waals surface area contributed by atoms with Crippen molar-refractivity contribution >= 4 is 11.5 Å². The van der Waals surface area contributed by atoms with Crippen molar-refractivity contribution in [2.24, 2.45) is 0 Å². The second kappa shape index (κ2) is 7.78. The van der Waals surface area contributed by atoms with Gasteiger partial charge in [0, 0.05) is 48.4 Å². The normalized spacial score (nSPS) is 22.0. The van der Waals surface area contributed by atoms with E-state index in [1.54, 1.807) is 13.8 Å². The molecule has 29 heavy (non-hydrogen) atoms. The molecule has 0 amide bonds. The van der Waals surface area contributed by atoms with Crippen LogP contribution in [0.4, 0.5) is 5.69 Å². The van der Waals surface area contributed by atoms with Gasteiger partial charge < -0.3 is 9.64 Å². The van der Waals surface area contributed by atoms with E-state index in [0.717, 1.165) is 61.6 Å². The van der Waals surface area contributed by atoms with Crippen LogP contribution in [0.2, 0.25) is 0 Å². The minimum atomic E-state index is -0.546. The largest absolute Gasteiger partial charge is 0.481 e. The lowest BCUT2D eigenvalue weighted by Gasteiger charge is -2.45. The van der Waals surface area contributed by atoms with E-state index in [0.29, 0.717) is 17.7 Å². The number of carbonyl (C=O) groups excluding carboxylic acids is 1. The van der Waals surface area contributed by atoms with Crippen LogP contribution in [-0.2, 0) is 11.2 Å². The topological polar surface area (TPSA) is 75.9 Å². The number of hydrogen-bond acceptors (Lipinski definition) is 6. The fourth-order valence-corrected chi connectivity index (χ4v) is 4.55. The van der Waals surface area contributed by atoms with Gasteiger partial charge in [0.1, 0.15) is 17.1 Å².